The lowest BCUT2D eigenvalue weighted by molar-refractivity contribution is 0.255. The molecule has 0 radical (unpaired) electrons. The van der Waals surface area contributed by atoms with Gasteiger partial charge in [0.15, 0.2) is 0 Å². The number of piperidine rings is 1. The third-order valence-electron chi connectivity index (χ3n) is 4.32. The molecular formula is C17H23NS. The van der Waals surface area contributed by atoms with Gasteiger partial charge in [-0.2, -0.15) is 0 Å². The number of fused-ring (bicyclic) bond motifs is 1. The lowest BCUT2D eigenvalue weighted by atomic mass is 9.89. The maximum atomic E-state index is 2.44. The number of likely N-dealkylation sites (tertiary alicyclic amines) is 1. The third-order valence-corrected chi connectivity index (χ3v) is 5.74. The molecule has 0 N–H and O–H groups in total. The van der Waals surface area contributed by atoms with Crippen molar-refractivity contribution in [2.45, 2.75) is 38.5 Å². The number of hydrogen-bond donors (Lipinski definition) is 0. The first kappa shape index (κ1) is 13.1. The van der Waals surface area contributed by atoms with E-state index in [1.165, 1.54) is 40.9 Å². The van der Waals surface area contributed by atoms with Crippen molar-refractivity contribution in [3.05, 3.63) is 34.7 Å². The second-order valence-electron chi connectivity index (χ2n) is 6.18. The molecule has 1 aromatic heterocycles. The molecule has 102 valence electrons. The van der Waals surface area contributed by atoms with Crippen LogP contribution in [0.15, 0.2) is 24.3 Å². The predicted molar refractivity (Wildman–Crippen MR) is 85.4 cm³/mol. The topological polar surface area (TPSA) is 3.24 Å². The van der Waals surface area contributed by atoms with Gasteiger partial charge in [-0.3, -0.25) is 0 Å². The van der Waals surface area contributed by atoms with Gasteiger partial charge < -0.3 is 4.90 Å². The van der Waals surface area contributed by atoms with E-state index in [4.69, 9.17) is 0 Å². The highest BCUT2D eigenvalue weighted by molar-refractivity contribution is 7.19. The van der Waals surface area contributed by atoms with Gasteiger partial charge in [0.05, 0.1) is 0 Å². The minimum absolute atomic E-state index is 0.643. The number of hydrogen-bond acceptors (Lipinski definition) is 2. The third kappa shape index (κ3) is 2.70. The van der Waals surface area contributed by atoms with E-state index >= 15 is 0 Å². The van der Waals surface area contributed by atoms with Crippen LogP contribution in [0.4, 0.5) is 0 Å². The summed E-state index contributed by atoms with van der Waals surface area (Å²) in [5.41, 5.74) is 1.55. The quantitative estimate of drug-likeness (QED) is 0.757. The Kier molecular flexibility index (Phi) is 3.64. The molecule has 2 heterocycles. The summed E-state index contributed by atoms with van der Waals surface area (Å²) >= 11 is 1.95. The Morgan fingerprint density at radius 1 is 1.16 bits per heavy atom. The first-order valence-corrected chi connectivity index (χ1v) is 8.17. The van der Waals surface area contributed by atoms with Gasteiger partial charge in [-0.05, 0) is 67.9 Å². The van der Waals surface area contributed by atoms with Crippen molar-refractivity contribution in [2.24, 2.45) is 0 Å². The average Bonchev–Trinajstić information content (AvgIpc) is 2.82. The van der Waals surface area contributed by atoms with E-state index in [9.17, 15) is 0 Å². The monoisotopic (exact) mass is 273 g/mol. The van der Waals surface area contributed by atoms with Crippen molar-refractivity contribution in [1.29, 1.82) is 0 Å². The molecule has 1 nitrogen and oxygen atoms in total. The highest BCUT2D eigenvalue weighted by Gasteiger charge is 2.18. The second kappa shape index (κ2) is 5.26. The van der Waals surface area contributed by atoms with Crippen molar-refractivity contribution in [2.75, 3.05) is 20.1 Å². The van der Waals surface area contributed by atoms with Crippen LogP contribution in [0.5, 0.6) is 0 Å². The SMILES string of the molecule is CC(C)c1cc2cc(C3CCN(C)CC3)ccc2s1. The summed E-state index contributed by atoms with van der Waals surface area (Å²) in [5.74, 6) is 1.41. The summed E-state index contributed by atoms with van der Waals surface area (Å²) < 4.78 is 1.44. The van der Waals surface area contributed by atoms with Gasteiger partial charge in [0, 0.05) is 9.58 Å². The number of nitrogens with zero attached hydrogens (tertiary/aromatic N) is 1. The molecule has 0 unspecified atom stereocenters. The van der Waals surface area contributed by atoms with Crippen LogP contribution < -0.4 is 0 Å². The van der Waals surface area contributed by atoms with Crippen molar-refractivity contribution in [3.8, 4) is 0 Å². The van der Waals surface area contributed by atoms with Crippen LogP contribution in [-0.2, 0) is 0 Å². The van der Waals surface area contributed by atoms with E-state index < -0.39 is 0 Å². The van der Waals surface area contributed by atoms with E-state index in [2.05, 4.69) is 50.1 Å². The van der Waals surface area contributed by atoms with E-state index in [1.54, 1.807) is 5.56 Å². The molecule has 1 fully saturated rings. The lowest BCUT2D eigenvalue weighted by Crippen LogP contribution is -2.29. The summed E-state index contributed by atoms with van der Waals surface area (Å²) in [6, 6.07) is 9.52. The van der Waals surface area contributed by atoms with Crippen LogP contribution in [0, 0.1) is 0 Å². The Bertz CT molecular complexity index is 562. The van der Waals surface area contributed by atoms with Crippen LogP contribution in [-0.4, -0.2) is 25.0 Å². The van der Waals surface area contributed by atoms with Crippen molar-refractivity contribution < 1.29 is 0 Å². The fourth-order valence-electron chi connectivity index (χ4n) is 2.96. The van der Waals surface area contributed by atoms with Gasteiger partial charge in [-0.15, -0.1) is 11.3 Å². The largest absolute Gasteiger partial charge is 0.306 e. The first-order chi connectivity index (χ1) is 9.13. The number of thiophene rings is 1. The molecule has 0 aliphatic carbocycles. The van der Waals surface area contributed by atoms with Crippen LogP contribution in [0.25, 0.3) is 10.1 Å². The zero-order valence-corrected chi connectivity index (χ0v) is 13.0. The normalized spacial score (nSPS) is 18.5. The molecule has 0 spiro atoms. The van der Waals surface area contributed by atoms with Gasteiger partial charge in [0.25, 0.3) is 0 Å². The number of benzene rings is 1. The zero-order valence-electron chi connectivity index (χ0n) is 12.1. The summed E-state index contributed by atoms with van der Waals surface area (Å²) in [4.78, 5) is 3.95. The lowest BCUT2D eigenvalue weighted by Gasteiger charge is -2.29. The van der Waals surface area contributed by atoms with E-state index in [0.717, 1.165) is 5.92 Å². The average molecular weight is 273 g/mol. The molecule has 2 aromatic rings. The highest BCUT2D eigenvalue weighted by Crippen LogP contribution is 2.34. The Balaban J connectivity index is 1.88. The molecule has 1 aliphatic rings. The highest BCUT2D eigenvalue weighted by atomic mass is 32.1. The van der Waals surface area contributed by atoms with Crippen molar-refractivity contribution in [1.82, 2.24) is 4.90 Å². The van der Waals surface area contributed by atoms with Gasteiger partial charge in [-0.25, -0.2) is 0 Å². The molecule has 0 atom stereocenters. The first-order valence-electron chi connectivity index (χ1n) is 7.35. The smallest absolute Gasteiger partial charge is 0.0345 e. The van der Waals surface area contributed by atoms with E-state index in [0.29, 0.717) is 5.92 Å². The Morgan fingerprint density at radius 2 is 1.89 bits per heavy atom. The van der Waals surface area contributed by atoms with Crippen molar-refractivity contribution >= 4 is 21.4 Å². The van der Waals surface area contributed by atoms with E-state index in [1.807, 2.05) is 11.3 Å². The Hall–Kier alpha value is -0.860. The summed E-state index contributed by atoms with van der Waals surface area (Å²) in [7, 11) is 2.23. The maximum absolute atomic E-state index is 2.44. The molecule has 0 amide bonds. The summed E-state index contributed by atoms with van der Waals surface area (Å²) in [6.07, 6.45) is 2.62. The van der Waals surface area contributed by atoms with Crippen LogP contribution in [0.3, 0.4) is 0 Å². The molecule has 3 rings (SSSR count). The zero-order chi connectivity index (χ0) is 13.4. The molecule has 0 bridgehead atoms. The molecule has 19 heavy (non-hydrogen) atoms. The van der Waals surface area contributed by atoms with Gasteiger partial charge >= 0.3 is 0 Å². The standard InChI is InChI=1S/C17H23NS/c1-12(2)17-11-15-10-14(4-5-16(15)19-17)13-6-8-18(3)9-7-13/h4-5,10-13H,6-9H2,1-3H3. The van der Waals surface area contributed by atoms with E-state index in [-0.39, 0.29) is 0 Å². The fourth-order valence-corrected chi connectivity index (χ4v) is 4.01. The molecule has 1 aromatic carbocycles. The van der Waals surface area contributed by atoms with Gasteiger partial charge in [0.1, 0.15) is 0 Å². The molecular weight excluding hydrogens is 250 g/mol. The molecule has 0 saturated carbocycles. The summed E-state index contributed by atoms with van der Waals surface area (Å²) in [6.45, 7) is 7.04. The Labute approximate surface area is 120 Å². The van der Waals surface area contributed by atoms with Crippen molar-refractivity contribution in [3.63, 3.8) is 0 Å². The fraction of sp³-hybridized carbons (Fsp3) is 0.529. The predicted octanol–water partition coefficient (Wildman–Crippen LogP) is 4.83. The molecule has 2 heteroatoms. The maximum Gasteiger partial charge on any atom is 0.0345 e. The Morgan fingerprint density at radius 3 is 2.58 bits per heavy atom. The second-order valence-corrected chi connectivity index (χ2v) is 7.29. The molecule has 1 saturated heterocycles. The van der Waals surface area contributed by atoms with Crippen LogP contribution in [0.2, 0.25) is 0 Å². The van der Waals surface area contributed by atoms with Crippen LogP contribution >= 0.6 is 11.3 Å². The number of rotatable bonds is 2. The minimum Gasteiger partial charge on any atom is -0.306 e. The minimum atomic E-state index is 0.643. The summed E-state index contributed by atoms with van der Waals surface area (Å²) in [5, 5.41) is 1.45. The van der Waals surface area contributed by atoms with Gasteiger partial charge in [0.2, 0.25) is 0 Å². The van der Waals surface area contributed by atoms with Gasteiger partial charge in [-0.1, -0.05) is 26.0 Å². The molecule has 1 aliphatic heterocycles. The van der Waals surface area contributed by atoms with Crippen LogP contribution in [0.1, 0.15) is 49.0 Å².